The van der Waals surface area contributed by atoms with Crippen molar-refractivity contribution in [2.45, 2.75) is 0 Å². The Kier molecular flexibility index (Phi) is 2.72. The number of hydrogen-bond acceptors (Lipinski definition) is 4. The summed E-state index contributed by atoms with van der Waals surface area (Å²) in [4.78, 5) is 0. The molecule has 0 bridgehead atoms. The SMILES string of the molecule is COc1ccc(OS(=O)(=O)F)cc1. The van der Waals surface area contributed by atoms with Crippen LogP contribution < -0.4 is 8.92 Å². The Balaban J connectivity index is 2.81. The minimum Gasteiger partial charge on any atom is -0.497 e. The minimum absolute atomic E-state index is 0.0942. The standard InChI is InChI=1S/C7H7FO4S/c1-11-6-2-4-7(5-3-6)12-13(8,9)10/h2-5H,1H3. The van der Waals surface area contributed by atoms with Crippen LogP contribution in [0.4, 0.5) is 3.89 Å². The van der Waals surface area contributed by atoms with Crippen LogP contribution in [0.2, 0.25) is 0 Å². The van der Waals surface area contributed by atoms with Crippen LogP contribution in [0.25, 0.3) is 0 Å². The van der Waals surface area contributed by atoms with Crippen molar-refractivity contribution in [1.29, 1.82) is 0 Å². The maximum atomic E-state index is 12.0. The van der Waals surface area contributed by atoms with Gasteiger partial charge in [-0.25, -0.2) is 0 Å². The van der Waals surface area contributed by atoms with Gasteiger partial charge >= 0.3 is 10.5 Å². The highest BCUT2D eigenvalue weighted by Crippen LogP contribution is 2.18. The van der Waals surface area contributed by atoms with E-state index in [2.05, 4.69) is 4.18 Å². The maximum Gasteiger partial charge on any atom is 0.488 e. The molecule has 0 aliphatic carbocycles. The van der Waals surface area contributed by atoms with Gasteiger partial charge in [-0.2, -0.15) is 8.42 Å². The third-order valence-corrected chi connectivity index (χ3v) is 1.65. The molecule has 6 heteroatoms. The van der Waals surface area contributed by atoms with Crippen molar-refractivity contribution in [3.8, 4) is 11.5 Å². The average molecular weight is 206 g/mol. The van der Waals surface area contributed by atoms with Crippen LogP contribution in [0.5, 0.6) is 11.5 Å². The molecule has 0 spiro atoms. The molecule has 0 heterocycles. The summed E-state index contributed by atoms with van der Waals surface area (Å²) in [6.45, 7) is 0. The quantitative estimate of drug-likeness (QED) is 0.699. The van der Waals surface area contributed by atoms with Gasteiger partial charge in [0.1, 0.15) is 11.5 Å². The molecule has 0 amide bonds. The number of hydrogen-bond donors (Lipinski definition) is 0. The van der Waals surface area contributed by atoms with Crippen molar-refractivity contribution >= 4 is 10.5 Å². The van der Waals surface area contributed by atoms with Gasteiger partial charge < -0.3 is 8.92 Å². The second kappa shape index (κ2) is 3.61. The van der Waals surface area contributed by atoms with Crippen molar-refractivity contribution < 1.29 is 21.2 Å². The minimum atomic E-state index is -4.94. The molecule has 0 aromatic heterocycles. The number of rotatable bonds is 3. The zero-order chi connectivity index (χ0) is 9.90. The summed E-state index contributed by atoms with van der Waals surface area (Å²) >= 11 is 0. The zero-order valence-electron chi connectivity index (χ0n) is 6.73. The van der Waals surface area contributed by atoms with Crippen LogP contribution in [-0.4, -0.2) is 15.5 Å². The van der Waals surface area contributed by atoms with E-state index in [1.54, 1.807) is 0 Å². The topological polar surface area (TPSA) is 52.6 Å². The van der Waals surface area contributed by atoms with E-state index in [0.717, 1.165) is 0 Å². The van der Waals surface area contributed by atoms with Crippen molar-refractivity contribution in [2.24, 2.45) is 0 Å². The molecule has 13 heavy (non-hydrogen) atoms. The molecule has 1 aromatic carbocycles. The fraction of sp³-hybridized carbons (Fsp3) is 0.143. The molecular weight excluding hydrogens is 199 g/mol. The smallest absolute Gasteiger partial charge is 0.488 e. The Labute approximate surface area is 75.3 Å². The van der Waals surface area contributed by atoms with E-state index in [9.17, 15) is 12.3 Å². The first-order valence-corrected chi connectivity index (χ1v) is 4.60. The van der Waals surface area contributed by atoms with E-state index >= 15 is 0 Å². The van der Waals surface area contributed by atoms with Crippen molar-refractivity contribution in [1.82, 2.24) is 0 Å². The van der Waals surface area contributed by atoms with Crippen molar-refractivity contribution in [3.05, 3.63) is 24.3 Å². The molecule has 1 rings (SSSR count). The largest absolute Gasteiger partial charge is 0.497 e. The van der Waals surface area contributed by atoms with Crippen molar-refractivity contribution in [2.75, 3.05) is 7.11 Å². The monoisotopic (exact) mass is 206 g/mol. The molecule has 72 valence electrons. The summed E-state index contributed by atoms with van der Waals surface area (Å²) in [5.41, 5.74) is 0. The molecule has 0 unspecified atom stereocenters. The van der Waals surface area contributed by atoms with Gasteiger partial charge in [-0.1, -0.05) is 3.89 Å². The summed E-state index contributed by atoms with van der Waals surface area (Å²) in [6, 6.07) is 5.49. The van der Waals surface area contributed by atoms with Crippen LogP contribution in [0.1, 0.15) is 0 Å². The Hall–Kier alpha value is -1.30. The van der Waals surface area contributed by atoms with E-state index in [1.165, 1.54) is 31.4 Å². The van der Waals surface area contributed by atoms with Gasteiger partial charge in [0.05, 0.1) is 7.11 Å². The first kappa shape index (κ1) is 9.79. The number of ether oxygens (including phenoxy) is 1. The fourth-order valence-corrected chi connectivity index (χ4v) is 1.09. The van der Waals surface area contributed by atoms with Crippen LogP contribution in [0, 0.1) is 0 Å². The van der Waals surface area contributed by atoms with Gasteiger partial charge in [-0.05, 0) is 24.3 Å². The highest BCUT2D eigenvalue weighted by atomic mass is 32.3. The first-order chi connectivity index (χ1) is 6.01. The van der Waals surface area contributed by atoms with Gasteiger partial charge in [-0.15, -0.1) is 0 Å². The molecule has 0 atom stereocenters. The molecule has 0 aliphatic rings. The summed E-state index contributed by atoms with van der Waals surface area (Å²) in [5.74, 6) is 0.437. The van der Waals surface area contributed by atoms with Gasteiger partial charge in [0.15, 0.2) is 0 Å². The van der Waals surface area contributed by atoms with E-state index in [0.29, 0.717) is 5.75 Å². The molecule has 0 saturated carbocycles. The van der Waals surface area contributed by atoms with Gasteiger partial charge in [0, 0.05) is 0 Å². The highest BCUT2D eigenvalue weighted by molar-refractivity contribution is 7.81. The van der Waals surface area contributed by atoms with Crippen LogP contribution in [-0.2, 0) is 10.5 Å². The molecule has 1 aromatic rings. The maximum absolute atomic E-state index is 12.0. The van der Waals surface area contributed by atoms with E-state index < -0.39 is 10.5 Å². The summed E-state index contributed by atoms with van der Waals surface area (Å²) in [6.07, 6.45) is 0. The predicted molar refractivity (Wildman–Crippen MR) is 43.6 cm³/mol. The number of benzene rings is 1. The summed E-state index contributed by atoms with van der Waals surface area (Å²) in [5, 5.41) is 0. The summed E-state index contributed by atoms with van der Waals surface area (Å²) < 4.78 is 40.8. The molecule has 4 nitrogen and oxygen atoms in total. The second-order valence-corrected chi connectivity index (χ2v) is 3.10. The zero-order valence-corrected chi connectivity index (χ0v) is 7.55. The summed E-state index contributed by atoms with van der Waals surface area (Å²) in [7, 11) is -3.48. The molecule has 0 saturated heterocycles. The van der Waals surface area contributed by atoms with Crippen molar-refractivity contribution in [3.63, 3.8) is 0 Å². The predicted octanol–water partition coefficient (Wildman–Crippen LogP) is 1.29. The lowest BCUT2D eigenvalue weighted by molar-refractivity contribution is 0.412. The van der Waals surface area contributed by atoms with Crippen LogP contribution in [0.3, 0.4) is 0 Å². The normalized spacial score (nSPS) is 10.9. The lowest BCUT2D eigenvalue weighted by Gasteiger charge is -2.01. The van der Waals surface area contributed by atoms with Crippen LogP contribution >= 0.6 is 0 Å². The third-order valence-electron chi connectivity index (χ3n) is 1.26. The van der Waals surface area contributed by atoms with E-state index in [-0.39, 0.29) is 5.75 Å². The molecule has 0 aliphatic heterocycles. The van der Waals surface area contributed by atoms with Crippen LogP contribution in [0.15, 0.2) is 24.3 Å². The lowest BCUT2D eigenvalue weighted by atomic mass is 10.3. The lowest BCUT2D eigenvalue weighted by Crippen LogP contribution is -2.00. The van der Waals surface area contributed by atoms with E-state index in [4.69, 9.17) is 4.74 Å². The number of methoxy groups -OCH3 is 1. The Morgan fingerprint density at radius 2 is 1.62 bits per heavy atom. The molecular formula is C7H7FO4S. The first-order valence-electron chi connectivity index (χ1n) is 3.29. The fourth-order valence-electron chi connectivity index (χ4n) is 0.746. The average Bonchev–Trinajstić information content (AvgIpc) is 2.03. The van der Waals surface area contributed by atoms with Gasteiger partial charge in [0.2, 0.25) is 0 Å². The van der Waals surface area contributed by atoms with Gasteiger partial charge in [0.25, 0.3) is 0 Å². The molecule has 0 N–H and O–H groups in total. The molecule has 0 radical (unpaired) electrons. The molecule has 0 fully saturated rings. The second-order valence-electron chi connectivity index (χ2n) is 2.15. The Bertz CT molecular complexity index is 370. The third kappa shape index (κ3) is 3.29. The number of halogens is 1. The Morgan fingerprint density at radius 1 is 1.15 bits per heavy atom. The Morgan fingerprint density at radius 3 is 2.00 bits per heavy atom. The van der Waals surface area contributed by atoms with Gasteiger partial charge in [-0.3, -0.25) is 0 Å². The highest BCUT2D eigenvalue weighted by Gasteiger charge is 2.08. The van der Waals surface area contributed by atoms with E-state index in [1.807, 2.05) is 0 Å².